The first-order valence-electron chi connectivity index (χ1n) is 6.33. The van der Waals surface area contributed by atoms with E-state index in [4.69, 9.17) is 4.74 Å². The maximum Gasteiger partial charge on any atom is 0.330 e. The van der Waals surface area contributed by atoms with Gasteiger partial charge in [-0.3, -0.25) is 14.3 Å². The average Bonchev–Trinajstić information content (AvgIpc) is 2.42. The standard InChI is InChI=1S/C13H17FN2O4/c1-2-11(17)20-8-6-4-3-5-7-16-9-10(14)12(18)15-13(16)19/h2,9H,1,3-8H2,(H,15,18,19). The maximum absolute atomic E-state index is 13.0. The molecule has 110 valence electrons. The number of carbonyl (C=O) groups is 1. The summed E-state index contributed by atoms with van der Waals surface area (Å²) in [7, 11) is 0. The Morgan fingerprint density at radius 1 is 1.35 bits per heavy atom. The molecule has 0 aliphatic rings. The van der Waals surface area contributed by atoms with E-state index in [-0.39, 0.29) is 0 Å². The van der Waals surface area contributed by atoms with Crippen LogP contribution in [0.5, 0.6) is 0 Å². The summed E-state index contributed by atoms with van der Waals surface area (Å²) in [4.78, 5) is 34.8. The molecule has 1 aromatic heterocycles. The lowest BCUT2D eigenvalue weighted by molar-refractivity contribution is -0.137. The fraction of sp³-hybridized carbons (Fsp3) is 0.462. The molecule has 1 aromatic rings. The van der Waals surface area contributed by atoms with Crippen LogP contribution in [-0.2, 0) is 16.1 Å². The second-order valence-electron chi connectivity index (χ2n) is 4.22. The van der Waals surface area contributed by atoms with Crippen molar-refractivity contribution in [2.45, 2.75) is 32.2 Å². The van der Waals surface area contributed by atoms with Gasteiger partial charge in [0.1, 0.15) is 0 Å². The lowest BCUT2D eigenvalue weighted by Crippen LogP contribution is -2.31. The maximum atomic E-state index is 13.0. The van der Waals surface area contributed by atoms with Crippen molar-refractivity contribution < 1.29 is 13.9 Å². The molecule has 0 saturated carbocycles. The molecule has 1 rings (SSSR count). The van der Waals surface area contributed by atoms with E-state index in [2.05, 4.69) is 6.58 Å². The molecular weight excluding hydrogens is 267 g/mol. The van der Waals surface area contributed by atoms with Gasteiger partial charge in [0.15, 0.2) is 0 Å². The van der Waals surface area contributed by atoms with Crippen LogP contribution >= 0.6 is 0 Å². The third kappa shape index (κ3) is 5.21. The van der Waals surface area contributed by atoms with Gasteiger partial charge in [-0.1, -0.05) is 13.0 Å². The summed E-state index contributed by atoms with van der Waals surface area (Å²) in [5.41, 5.74) is -1.62. The highest BCUT2D eigenvalue weighted by molar-refractivity contribution is 5.81. The topological polar surface area (TPSA) is 81.2 Å². The molecular formula is C13H17FN2O4. The average molecular weight is 284 g/mol. The third-order valence-electron chi connectivity index (χ3n) is 2.67. The molecule has 0 aromatic carbocycles. The first-order chi connectivity index (χ1) is 9.54. The number of aryl methyl sites for hydroxylation is 1. The van der Waals surface area contributed by atoms with Crippen molar-refractivity contribution in [3.05, 3.63) is 45.5 Å². The Hall–Kier alpha value is -2.18. The Bertz CT molecular complexity index is 576. The summed E-state index contributed by atoms with van der Waals surface area (Å²) in [6.45, 7) is 3.95. The van der Waals surface area contributed by atoms with Crippen LogP contribution in [0.15, 0.2) is 28.4 Å². The number of nitrogens with one attached hydrogen (secondary N) is 1. The molecule has 0 radical (unpaired) electrons. The van der Waals surface area contributed by atoms with E-state index < -0.39 is 23.0 Å². The number of hydrogen-bond acceptors (Lipinski definition) is 4. The molecule has 0 atom stereocenters. The predicted molar refractivity (Wildman–Crippen MR) is 70.9 cm³/mol. The second-order valence-corrected chi connectivity index (χ2v) is 4.22. The van der Waals surface area contributed by atoms with Gasteiger partial charge in [-0.15, -0.1) is 0 Å². The van der Waals surface area contributed by atoms with Gasteiger partial charge in [0.25, 0.3) is 5.56 Å². The Labute approximate surface area is 114 Å². The van der Waals surface area contributed by atoms with Crippen molar-refractivity contribution in [3.63, 3.8) is 0 Å². The van der Waals surface area contributed by atoms with Crippen LogP contribution in [-0.4, -0.2) is 22.1 Å². The van der Waals surface area contributed by atoms with Crippen molar-refractivity contribution in [2.24, 2.45) is 0 Å². The van der Waals surface area contributed by atoms with Gasteiger partial charge < -0.3 is 4.74 Å². The van der Waals surface area contributed by atoms with Crippen molar-refractivity contribution in [2.75, 3.05) is 6.61 Å². The molecule has 7 heteroatoms. The molecule has 6 nitrogen and oxygen atoms in total. The zero-order valence-corrected chi connectivity index (χ0v) is 11.1. The molecule has 1 heterocycles. The number of aromatic amines is 1. The Morgan fingerprint density at radius 2 is 2.05 bits per heavy atom. The van der Waals surface area contributed by atoms with Gasteiger partial charge in [0.05, 0.1) is 12.8 Å². The number of hydrogen-bond donors (Lipinski definition) is 1. The molecule has 0 amide bonds. The Kier molecular flexibility index (Phi) is 6.42. The first kappa shape index (κ1) is 15.9. The minimum atomic E-state index is -1.00. The van der Waals surface area contributed by atoms with Crippen LogP contribution in [0.4, 0.5) is 4.39 Å². The summed E-state index contributed by atoms with van der Waals surface area (Å²) < 4.78 is 18.9. The van der Waals surface area contributed by atoms with E-state index in [1.807, 2.05) is 4.98 Å². The highest BCUT2D eigenvalue weighted by Gasteiger charge is 2.03. The lowest BCUT2D eigenvalue weighted by atomic mass is 10.2. The first-order valence-corrected chi connectivity index (χ1v) is 6.33. The molecule has 0 fully saturated rings. The normalized spacial score (nSPS) is 10.2. The Balaban J connectivity index is 2.23. The van der Waals surface area contributed by atoms with Crippen molar-refractivity contribution in [1.29, 1.82) is 0 Å². The molecule has 0 saturated heterocycles. The van der Waals surface area contributed by atoms with Gasteiger partial charge in [-0.05, 0) is 19.3 Å². The number of halogens is 1. The summed E-state index contributed by atoms with van der Waals surface area (Å²) in [5, 5.41) is 0. The van der Waals surface area contributed by atoms with Crippen molar-refractivity contribution in [1.82, 2.24) is 9.55 Å². The van der Waals surface area contributed by atoms with Crippen LogP contribution in [0.2, 0.25) is 0 Å². The van der Waals surface area contributed by atoms with Crippen molar-refractivity contribution in [3.8, 4) is 0 Å². The smallest absolute Gasteiger partial charge is 0.330 e. The molecule has 20 heavy (non-hydrogen) atoms. The number of H-pyrrole nitrogens is 1. The van der Waals surface area contributed by atoms with Gasteiger partial charge in [0.2, 0.25) is 5.82 Å². The van der Waals surface area contributed by atoms with Gasteiger partial charge in [-0.2, -0.15) is 4.39 Å². The van der Waals surface area contributed by atoms with Gasteiger partial charge >= 0.3 is 11.7 Å². The highest BCUT2D eigenvalue weighted by Crippen LogP contribution is 2.02. The number of rotatable bonds is 8. The van der Waals surface area contributed by atoms with E-state index in [0.29, 0.717) is 26.0 Å². The van der Waals surface area contributed by atoms with Gasteiger partial charge in [0, 0.05) is 12.6 Å². The molecule has 1 N–H and O–H groups in total. The summed E-state index contributed by atoms with van der Waals surface area (Å²) >= 11 is 0. The molecule has 0 spiro atoms. The largest absolute Gasteiger partial charge is 0.463 e. The highest BCUT2D eigenvalue weighted by atomic mass is 19.1. The van der Waals surface area contributed by atoms with Gasteiger partial charge in [-0.25, -0.2) is 9.59 Å². The van der Waals surface area contributed by atoms with E-state index in [0.717, 1.165) is 29.7 Å². The monoisotopic (exact) mass is 284 g/mol. The number of nitrogens with zero attached hydrogens (tertiary/aromatic N) is 1. The van der Waals surface area contributed by atoms with Crippen molar-refractivity contribution >= 4 is 5.97 Å². The van der Waals surface area contributed by atoms with E-state index in [1.54, 1.807) is 0 Å². The van der Waals surface area contributed by atoms with Crippen LogP contribution in [0.3, 0.4) is 0 Å². The number of unbranched alkanes of at least 4 members (excludes halogenated alkanes) is 3. The number of ether oxygens (including phenoxy) is 1. The predicted octanol–water partition coefficient (Wildman–Crippen LogP) is 0.965. The van der Waals surface area contributed by atoms with Crippen LogP contribution in [0.25, 0.3) is 0 Å². The van der Waals surface area contributed by atoms with E-state index in [1.165, 1.54) is 0 Å². The summed E-state index contributed by atoms with van der Waals surface area (Å²) in [6.07, 6.45) is 5.03. The minimum absolute atomic E-state index is 0.331. The fourth-order valence-electron chi connectivity index (χ4n) is 1.62. The van der Waals surface area contributed by atoms with Crippen LogP contribution < -0.4 is 11.2 Å². The zero-order valence-electron chi connectivity index (χ0n) is 11.1. The zero-order chi connectivity index (χ0) is 15.0. The third-order valence-corrected chi connectivity index (χ3v) is 2.67. The molecule has 0 aliphatic heterocycles. The molecule has 0 unspecified atom stereocenters. The fourth-order valence-corrected chi connectivity index (χ4v) is 1.62. The quantitative estimate of drug-likeness (QED) is 0.438. The molecule has 0 bridgehead atoms. The minimum Gasteiger partial charge on any atom is -0.463 e. The van der Waals surface area contributed by atoms with E-state index in [9.17, 15) is 18.8 Å². The summed E-state index contributed by atoms with van der Waals surface area (Å²) in [5.74, 6) is -1.42. The molecule has 0 aliphatic carbocycles. The summed E-state index contributed by atoms with van der Waals surface area (Å²) in [6, 6.07) is 0. The Morgan fingerprint density at radius 3 is 2.75 bits per heavy atom. The SMILES string of the molecule is C=CC(=O)OCCCCCCn1cc(F)c(=O)[nH]c1=O. The van der Waals surface area contributed by atoms with Crippen LogP contribution in [0.1, 0.15) is 25.7 Å². The number of carbonyl (C=O) groups excluding carboxylic acids is 1. The van der Waals surface area contributed by atoms with E-state index >= 15 is 0 Å². The van der Waals surface area contributed by atoms with Crippen LogP contribution in [0, 0.1) is 5.82 Å². The lowest BCUT2D eigenvalue weighted by Gasteiger charge is -2.05. The number of esters is 1. The number of aromatic nitrogens is 2. The second kappa shape index (κ2) is 8.08.